The second-order valence-electron chi connectivity index (χ2n) is 7.50. The van der Waals surface area contributed by atoms with Gasteiger partial charge >= 0.3 is 0 Å². The first kappa shape index (κ1) is 27.2. The predicted octanol–water partition coefficient (Wildman–Crippen LogP) is 4.27. The monoisotopic (exact) mass is 533 g/mol. The number of benzene rings is 2. The summed E-state index contributed by atoms with van der Waals surface area (Å²) in [7, 11) is -2.37. The van der Waals surface area contributed by atoms with E-state index in [-0.39, 0.29) is 18.1 Å². The van der Waals surface area contributed by atoms with Crippen molar-refractivity contribution in [1.82, 2.24) is 10.2 Å². The molecule has 2 aromatic rings. The second kappa shape index (κ2) is 11.4. The fourth-order valence-electron chi connectivity index (χ4n) is 3.27. The van der Waals surface area contributed by atoms with Crippen molar-refractivity contribution in [3.8, 4) is 0 Å². The largest absolute Gasteiger partial charge is 0.357 e. The first-order valence-corrected chi connectivity index (χ1v) is 13.1. The summed E-state index contributed by atoms with van der Waals surface area (Å²) >= 11 is 18.5. The molecule has 0 unspecified atom stereocenters. The quantitative estimate of drug-likeness (QED) is 0.520. The Kier molecular flexibility index (Phi) is 9.43. The van der Waals surface area contributed by atoms with Crippen LogP contribution in [0.3, 0.4) is 0 Å². The van der Waals surface area contributed by atoms with Crippen LogP contribution >= 0.6 is 34.8 Å². The highest BCUT2D eigenvalue weighted by molar-refractivity contribution is 7.92. The maximum atomic E-state index is 13.5. The van der Waals surface area contributed by atoms with Crippen molar-refractivity contribution < 1.29 is 18.0 Å². The summed E-state index contributed by atoms with van der Waals surface area (Å²) in [6.07, 6.45) is 1.32. The van der Waals surface area contributed by atoms with Crippen LogP contribution in [0.4, 0.5) is 5.69 Å². The van der Waals surface area contributed by atoms with Crippen LogP contribution in [-0.2, 0) is 26.2 Å². The molecule has 180 valence electrons. The Morgan fingerprint density at radius 3 is 2.24 bits per heavy atom. The van der Waals surface area contributed by atoms with Crippen molar-refractivity contribution in [1.29, 1.82) is 0 Å². The molecule has 0 saturated carbocycles. The lowest BCUT2D eigenvalue weighted by Gasteiger charge is -2.32. The molecule has 0 radical (unpaired) electrons. The fraction of sp³-hybridized carbons (Fsp3) is 0.364. The molecule has 0 aliphatic carbocycles. The summed E-state index contributed by atoms with van der Waals surface area (Å²) < 4.78 is 26.1. The first-order valence-electron chi connectivity index (χ1n) is 10.1. The highest BCUT2D eigenvalue weighted by Crippen LogP contribution is 2.27. The number of hydrogen-bond acceptors (Lipinski definition) is 4. The van der Waals surface area contributed by atoms with Gasteiger partial charge < -0.3 is 10.2 Å². The minimum absolute atomic E-state index is 0.00693. The Morgan fingerprint density at radius 1 is 1.06 bits per heavy atom. The topological polar surface area (TPSA) is 86.8 Å². The molecule has 0 saturated heterocycles. The first-order chi connectivity index (χ1) is 15.4. The number of halogens is 3. The van der Waals surface area contributed by atoms with Crippen LogP contribution in [0.15, 0.2) is 36.4 Å². The van der Waals surface area contributed by atoms with Crippen molar-refractivity contribution in [3.63, 3.8) is 0 Å². The molecule has 33 heavy (non-hydrogen) atoms. The van der Waals surface area contributed by atoms with E-state index in [9.17, 15) is 18.0 Å². The van der Waals surface area contributed by atoms with Crippen LogP contribution in [0.25, 0.3) is 0 Å². The molecule has 2 rings (SSSR count). The molecule has 0 fully saturated rings. The number of carbonyl (C=O) groups is 2. The second-order valence-corrected chi connectivity index (χ2v) is 10.7. The summed E-state index contributed by atoms with van der Waals surface area (Å²) in [6, 6.07) is 8.73. The lowest BCUT2D eigenvalue weighted by molar-refractivity contribution is -0.140. The molecule has 11 heteroatoms. The van der Waals surface area contributed by atoms with Crippen LogP contribution in [0.2, 0.25) is 15.1 Å². The number of nitrogens with zero attached hydrogens (tertiary/aromatic N) is 2. The van der Waals surface area contributed by atoms with Gasteiger partial charge in [-0.1, -0.05) is 53.9 Å². The van der Waals surface area contributed by atoms with E-state index in [0.717, 1.165) is 16.1 Å². The molecule has 2 amide bonds. The van der Waals surface area contributed by atoms with Gasteiger partial charge in [0.1, 0.15) is 12.6 Å². The maximum absolute atomic E-state index is 13.5. The van der Waals surface area contributed by atoms with Crippen molar-refractivity contribution in [2.75, 3.05) is 24.2 Å². The minimum Gasteiger partial charge on any atom is -0.357 e. The Labute approximate surface area is 209 Å². The Balaban J connectivity index is 2.48. The number of hydrogen-bond donors (Lipinski definition) is 1. The van der Waals surface area contributed by atoms with Gasteiger partial charge in [0.15, 0.2) is 0 Å². The molecule has 7 nitrogen and oxygen atoms in total. The van der Waals surface area contributed by atoms with Crippen LogP contribution < -0.4 is 9.62 Å². The van der Waals surface area contributed by atoms with Gasteiger partial charge in [-0.2, -0.15) is 0 Å². The van der Waals surface area contributed by atoms with E-state index >= 15 is 0 Å². The maximum Gasteiger partial charge on any atom is 0.244 e. The number of sulfonamides is 1. The van der Waals surface area contributed by atoms with Crippen LogP contribution in [-0.4, -0.2) is 51.0 Å². The smallest absolute Gasteiger partial charge is 0.244 e. The van der Waals surface area contributed by atoms with Gasteiger partial charge in [-0.05, 0) is 48.7 Å². The van der Waals surface area contributed by atoms with E-state index in [1.807, 2.05) is 0 Å². The van der Waals surface area contributed by atoms with Crippen molar-refractivity contribution in [2.24, 2.45) is 0 Å². The zero-order valence-electron chi connectivity index (χ0n) is 18.7. The third kappa shape index (κ3) is 6.99. The van der Waals surface area contributed by atoms with E-state index in [2.05, 4.69) is 5.32 Å². The minimum atomic E-state index is -3.84. The summed E-state index contributed by atoms with van der Waals surface area (Å²) in [5, 5.41) is 3.69. The molecule has 1 N–H and O–H groups in total. The summed E-state index contributed by atoms with van der Waals surface area (Å²) in [5.74, 6) is -0.946. The number of aryl methyl sites for hydroxylation is 1. The Hall–Kier alpha value is -2.00. The fourth-order valence-corrected chi connectivity index (χ4v) is 4.75. The standard InChI is InChI=1S/C22H26Cl3N3O4S/c1-5-20(22(30)26-3)27(12-15-7-8-16(23)10-19(15)25)21(29)13-28(33(4,31)32)17-9-6-14(2)18(24)11-17/h6-11,20H,5,12-13H2,1-4H3,(H,26,30)/t20-/m0/s1. The van der Waals surface area contributed by atoms with E-state index in [1.54, 1.807) is 44.2 Å². The van der Waals surface area contributed by atoms with Crippen LogP contribution in [0.1, 0.15) is 24.5 Å². The number of rotatable bonds is 9. The SMILES string of the molecule is CC[C@@H](C(=O)NC)N(Cc1ccc(Cl)cc1Cl)C(=O)CN(c1ccc(C)c(Cl)c1)S(C)(=O)=O. The molecular formula is C22H26Cl3N3O4S. The molecule has 0 heterocycles. The molecule has 1 atom stereocenters. The highest BCUT2D eigenvalue weighted by Gasteiger charge is 2.31. The van der Waals surface area contributed by atoms with E-state index in [1.165, 1.54) is 18.0 Å². The summed E-state index contributed by atoms with van der Waals surface area (Å²) in [6.45, 7) is 3.02. The summed E-state index contributed by atoms with van der Waals surface area (Å²) in [5.41, 5.74) is 1.59. The third-order valence-electron chi connectivity index (χ3n) is 5.11. The predicted molar refractivity (Wildman–Crippen MR) is 134 cm³/mol. The number of carbonyl (C=O) groups excluding carboxylic acids is 2. The van der Waals surface area contributed by atoms with Gasteiger partial charge in [0, 0.05) is 28.7 Å². The third-order valence-corrected chi connectivity index (χ3v) is 7.25. The van der Waals surface area contributed by atoms with Crippen LogP contribution in [0, 0.1) is 6.92 Å². The lowest BCUT2D eigenvalue weighted by atomic mass is 10.1. The zero-order chi connectivity index (χ0) is 24.9. The average molecular weight is 535 g/mol. The van der Waals surface area contributed by atoms with Crippen LogP contribution in [0.5, 0.6) is 0 Å². The molecule has 0 aliphatic rings. The highest BCUT2D eigenvalue weighted by atomic mass is 35.5. The molecule has 0 aliphatic heterocycles. The molecule has 0 bridgehead atoms. The van der Waals surface area contributed by atoms with Gasteiger partial charge in [0.2, 0.25) is 21.8 Å². The van der Waals surface area contributed by atoms with Gasteiger partial charge in [0.25, 0.3) is 0 Å². The Morgan fingerprint density at radius 2 is 1.73 bits per heavy atom. The van der Waals surface area contributed by atoms with E-state index in [0.29, 0.717) is 27.1 Å². The van der Waals surface area contributed by atoms with Gasteiger partial charge in [-0.15, -0.1) is 0 Å². The van der Waals surface area contributed by atoms with E-state index in [4.69, 9.17) is 34.8 Å². The average Bonchev–Trinajstić information content (AvgIpc) is 2.74. The normalized spacial score (nSPS) is 12.2. The number of amides is 2. The van der Waals surface area contributed by atoms with Crippen molar-refractivity contribution in [3.05, 3.63) is 62.6 Å². The van der Waals surface area contributed by atoms with Gasteiger partial charge in [0.05, 0.1) is 11.9 Å². The van der Waals surface area contributed by atoms with Crippen molar-refractivity contribution >= 4 is 62.3 Å². The number of likely N-dealkylation sites (N-methyl/N-ethyl adjacent to an activating group) is 1. The Bertz CT molecular complexity index is 1140. The molecule has 0 aromatic heterocycles. The van der Waals surface area contributed by atoms with E-state index < -0.39 is 28.5 Å². The molecular weight excluding hydrogens is 509 g/mol. The lowest BCUT2D eigenvalue weighted by Crippen LogP contribution is -2.51. The summed E-state index contributed by atoms with van der Waals surface area (Å²) in [4.78, 5) is 27.3. The number of anilines is 1. The molecule has 2 aromatic carbocycles. The van der Waals surface area contributed by atoms with Gasteiger partial charge in [-0.3, -0.25) is 13.9 Å². The number of nitrogens with one attached hydrogen (secondary N) is 1. The van der Waals surface area contributed by atoms with Gasteiger partial charge in [-0.25, -0.2) is 8.42 Å². The van der Waals surface area contributed by atoms with Crippen molar-refractivity contribution in [2.45, 2.75) is 32.9 Å². The zero-order valence-corrected chi connectivity index (χ0v) is 21.8. The molecule has 0 spiro atoms.